The van der Waals surface area contributed by atoms with E-state index in [4.69, 9.17) is 0 Å². The topological polar surface area (TPSA) is 0 Å². The second kappa shape index (κ2) is 10.6. The summed E-state index contributed by atoms with van der Waals surface area (Å²) < 4.78 is 41.1. The Morgan fingerprint density at radius 1 is 0.442 bits per heavy atom. The third kappa shape index (κ3) is 4.11. The van der Waals surface area contributed by atoms with Gasteiger partial charge in [-0.05, 0) is 118 Å². The Balaban J connectivity index is 1.37. The Bertz CT molecular complexity index is 2690. The van der Waals surface area contributed by atoms with Crippen LogP contribution in [0.15, 0.2) is 133 Å². The zero-order valence-electron chi connectivity index (χ0n) is 29.7. The average Bonchev–Trinajstić information content (AvgIpc) is 3.53. The highest BCUT2D eigenvalue weighted by Crippen LogP contribution is 2.60. The molecule has 0 saturated carbocycles. The highest BCUT2D eigenvalue weighted by Gasteiger charge is 2.42. The van der Waals surface area contributed by atoms with Gasteiger partial charge >= 0.3 is 6.18 Å². The van der Waals surface area contributed by atoms with Gasteiger partial charge in [0.1, 0.15) is 0 Å². The first-order valence-corrected chi connectivity index (χ1v) is 18.2. The summed E-state index contributed by atoms with van der Waals surface area (Å²) >= 11 is 0. The van der Waals surface area contributed by atoms with Gasteiger partial charge in [-0.2, -0.15) is 13.2 Å². The molecule has 0 bridgehead atoms. The van der Waals surface area contributed by atoms with Crippen LogP contribution in [0.3, 0.4) is 0 Å². The number of benzene rings is 7. The SMILES string of the molecule is CC1(C)c2ccccc2-c2c1ccc1c(-c3c4ccccc4c(C4=CC=C(C(F)(F)F)CC4)c4ccccc34)cc3c(c21)-c1ccccc1C3(C)C. The number of hydrogen-bond donors (Lipinski definition) is 0. The maximum Gasteiger partial charge on any atom is 0.412 e. The fourth-order valence-electron chi connectivity index (χ4n) is 9.92. The van der Waals surface area contributed by atoms with E-state index in [0.717, 1.165) is 32.7 Å². The van der Waals surface area contributed by atoms with Gasteiger partial charge in [0, 0.05) is 16.4 Å². The van der Waals surface area contributed by atoms with Crippen LogP contribution in [-0.4, -0.2) is 6.18 Å². The van der Waals surface area contributed by atoms with E-state index in [0.29, 0.717) is 6.42 Å². The zero-order chi connectivity index (χ0) is 35.7. The van der Waals surface area contributed by atoms with E-state index in [1.165, 1.54) is 72.5 Å². The maximum atomic E-state index is 13.7. The first-order valence-electron chi connectivity index (χ1n) is 18.2. The molecule has 10 rings (SSSR count). The first kappa shape index (κ1) is 31.3. The van der Waals surface area contributed by atoms with Gasteiger partial charge in [0.25, 0.3) is 0 Å². The smallest absolute Gasteiger partial charge is 0.166 e. The number of alkyl halides is 3. The van der Waals surface area contributed by atoms with E-state index in [9.17, 15) is 13.2 Å². The summed E-state index contributed by atoms with van der Waals surface area (Å²) in [5.74, 6) is 0. The Labute approximate surface area is 301 Å². The molecule has 0 heterocycles. The Kier molecular flexibility index (Phi) is 6.37. The van der Waals surface area contributed by atoms with Crippen LogP contribution in [0.25, 0.3) is 71.3 Å². The monoisotopic (exact) mass is 682 g/mol. The molecule has 3 aliphatic carbocycles. The molecule has 254 valence electrons. The van der Waals surface area contributed by atoms with Gasteiger partial charge in [-0.15, -0.1) is 0 Å². The van der Waals surface area contributed by atoms with Crippen molar-refractivity contribution in [1.82, 2.24) is 0 Å². The van der Waals surface area contributed by atoms with Crippen molar-refractivity contribution < 1.29 is 13.2 Å². The van der Waals surface area contributed by atoms with E-state index < -0.39 is 11.7 Å². The molecule has 0 N–H and O–H groups in total. The predicted octanol–water partition coefficient (Wildman–Crippen LogP) is 14.1. The predicted molar refractivity (Wildman–Crippen MR) is 211 cm³/mol. The summed E-state index contributed by atoms with van der Waals surface area (Å²) in [6.45, 7) is 9.40. The second-order valence-electron chi connectivity index (χ2n) is 15.8. The third-order valence-corrected chi connectivity index (χ3v) is 12.4. The van der Waals surface area contributed by atoms with Gasteiger partial charge in [0.15, 0.2) is 0 Å². The Morgan fingerprint density at radius 3 is 1.48 bits per heavy atom. The van der Waals surface area contributed by atoms with Gasteiger partial charge in [-0.1, -0.05) is 149 Å². The zero-order valence-corrected chi connectivity index (χ0v) is 29.7. The van der Waals surface area contributed by atoms with Crippen molar-refractivity contribution in [3.63, 3.8) is 0 Å². The van der Waals surface area contributed by atoms with E-state index in [1.54, 1.807) is 6.08 Å². The van der Waals surface area contributed by atoms with Crippen molar-refractivity contribution in [3.05, 3.63) is 161 Å². The first-order chi connectivity index (χ1) is 25.0. The number of rotatable bonds is 2. The van der Waals surface area contributed by atoms with Crippen LogP contribution >= 0.6 is 0 Å². The molecule has 0 fully saturated rings. The maximum absolute atomic E-state index is 13.7. The Morgan fingerprint density at radius 2 is 0.942 bits per heavy atom. The number of fused-ring (bicyclic) bond motifs is 11. The summed E-state index contributed by atoms with van der Waals surface area (Å²) in [6.07, 6.45) is -1.01. The highest BCUT2D eigenvalue weighted by molar-refractivity contribution is 6.25. The van der Waals surface area contributed by atoms with Crippen molar-refractivity contribution in [2.75, 3.05) is 0 Å². The van der Waals surface area contributed by atoms with Crippen LogP contribution in [-0.2, 0) is 10.8 Å². The van der Waals surface area contributed by atoms with Crippen molar-refractivity contribution in [1.29, 1.82) is 0 Å². The van der Waals surface area contributed by atoms with Gasteiger partial charge in [0.2, 0.25) is 0 Å². The van der Waals surface area contributed by atoms with Gasteiger partial charge in [-0.25, -0.2) is 0 Å². The molecule has 0 nitrogen and oxygen atoms in total. The summed E-state index contributed by atoms with van der Waals surface area (Å²) in [5.41, 5.74) is 14.1. The molecule has 0 radical (unpaired) electrons. The molecule has 0 saturated heterocycles. The lowest BCUT2D eigenvalue weighted by molar-refractivity contribution is -0.0939. The minimum atomic E-state index is -4.31. The van der Waals surface area contributed by atoms with Crippen molar-refractivity contribution in [2.24, 2.45) is 0 Å². The summed E-state index contributed by atoms with van der Waals surface area (Å²) in [7, 11) is 0. The molecule has 52 heavy (non-hydrogen) atoms. The molecule has 0 aliphatic heterocycles. The molecule has 0 aromatic heterocycles. The molecule has 0 atom stereocenters. The molecular formula is C49H37F3. The van der Waals surface area contributed by atoms with Crippen molar-refractivity contribution in [2.45, 2.75) is 57.5 Å². The highest BCUT2D eigenvalue weighted by atomic mass is 19.4. The standard InChI is InChI=1S/C49H37F3/c1-47(2)38-19-11-9-17-35(38)44-40(47)26-25-34-37(27-41-45(46(34)44)36-18-10-12-20-39(36)48(41,3)4)43-32-15-7-5-13-30(32)42(31-14-6-8-16-33(31)43)28-21-23-29(24-22-28)49(50,51)52/h5-21,23,25-27H,22,24H2,1-4H3. The van der Waals surface area contributed by atoms with Crippen molar-refractivity contribution in [3.8, 4) is 33.4 Å². The van der Waals surface area contributed by atoms with Crippen LogP contribution in [0.5, 0.6) is 0 Å². The lowest BCUT2D eigenvalue weighted by Gasteiger charge is -2.26. The lowest BCUT2D eigenvalue weighted by Crippen LogP contribution is -2.15. The summed E-state index contributed by atoms with van der Waals surface area (Å²) in [5, 5.41) is 6.87. The fraction of sp³-hybridized carbons (Fsp3) is 0.184. The molecule has 3 heteroatoms. The number of allylic oxidation sites excluding steroid dienone is 4. The van der Waals surface area contributed by atoms with Gasteiger partial charge in [0.05, 0.1) is 0 Å². The van der Waals surface area contributed by atoms with Crippen LogP contribution < -0.4 is 0 Å². The molecule has 0 amide bonds. The van der Waals surface area contributed by atoms with Gasteiger partial charge in [-0.3, -0.25) is 0 Å². The van der Waals surface area contributed by atoms with E-state index >= 15 is 0 Å². The van der Waals surface area contributed by atoms with Crippen LogP contribution in [0, 0.1) is 0 Å². The summed E-state index contributed by atoms with van der Waals surface area (Å²) in [4.78, 5) is 0. The van der Waals surface area contributed by atoms with Crippen LogP contribution in [0.2, 0.25) is 0 Å². The minimum Gasteiger partial charge on any atom is -0.166 e. The quantitative estimate of drug-likeness (QED) is 0.159. The molecule has 0 spiro atoms. The minimum absolute atomic E-state index is 0.0201. The average molecular weight is 683 g/mol. The van der Waals surface area contributed by atoms with Crippen LogP contribution in [0.4, 0.5) is 13.2 Å². The normalized spacial score (nSPS) is 16.8. The molecular weight excluding hydrogens is 646 g/mol. The van der Waals surface area contributed by atoms with Crippen molar-refractivity contribution >= 4 is 37.9 Å². The number of hydrogen-bond acceptors (Lipinski definition) is 0. The van der Waals surface area contributed by atoms with E-state index in [1.807, 2.05) is 0 Å². The molecule has 7 aromatic carbocycles. The second-order valence-corrected chi connectivity index (χ2v) is 15.8. The van der Waals surface area contributed by atoms with Crippen LogP contribution in [0.1, 0.15) is 68.4 Å². The largest absolute Gasteiger partial charge is 0.412 e. The Hall–Kier alpha value is -5.41. The molecule has 0 unspecified atom stereocenters. The van der Waals surface area contributed by atoms with E-state index in [-0.39, 0.29) is 17.3 Å². The number of halogens is 3. The lowest BCUT2D eigenvalue weighted by atomic mass is 9.77. The van der Waals surface area contributed by atoms with Gasteiger partial charge < -0.3 is 0 Å². The fourth-order valence-corrected chi connectivity index (χ4v) is 9.92. The van der Waals surface area contributed by atoms with E-state index in [2.05, 4.69) is 143 Å². The molecule has 3 aliphatic rings. The summed E-state index contributed by atoms with van der Waals surface area (Å²) in [6, 6.07) is 42.0. The molecule has 7 aromatic rings. The third-order valence-electron chi connectivity index (χ3n) is 12.4.